The average Bonchev–Trinajstić information content (AvgIpc) is 2.72. The summed E-state index contributed by atoms with van der Waals surface area (Å²) in [6.07, 6.45) is -4.19. The highest BCUT2D eigenvalue weighted by atomic mass is 19.4. The number of alkyl halides is 3. The van der Waals surface area contributed by atoms with Crippen LogP contribution in [0.4, 0.5) is 23.7 Å². The lowest BCUT2D eigenvalue weighted by atomic mass is 10.1. The van der Waals surface area contributed by atoms with Gasteiger partial charge in [-0.2, -0.15) is 18.3 Å². The van der Waals surface area contributed by atoms with Gasteiger partial charge in [-0.1, -0.05) is 42.5 Å². The van der Waals surface area contributed by atoms with Gasteiger partial charge in [0, 0.05) is 24.7 Å². The Hall–Kier alpha value is -3.62. The first-order chi connectivity index (χ1) is 14.3. The first-order valence-corrected chi connectivity index (χ1v) is 9.19. The van der Waals surface area contributed by atoms with Gasteiger partial charge in [0.1, 0.15) is 0 Å². The molecule has 0 saturated heterocycles. The molecule has 2 aromatic carbocycles. The van der Waals surface area contributed by atoms with E-state index in [1.807, 2.05) is 30.3 Å². The molecule has 0 spiro atoms. The van der Waals surface area contributed by atoms with Gasteiger partial charge < -0.3 is 10.6 Å². The average molecular weight is 416 g/mol. The van der Waals surface area contributed by atoms with Crippen molar-refractivity contribution in [2.75, 3.05) is 11.9 Å². The number of aryl methyl sites for hydroxylation is 1. The number of rotatable bonds is 6. The molecule has 0 aliphatic carbocycles. The first kappa shape index (κ1) is 21.1. The summed E-state index contributed by atoms with van der Waals surface area (Å²) in [5.41, 5.74) is -0.0143. The highest BCUT2D eigenvalue weighted by Gasteiger charge is 2.33. The molecular weight excluding hydrogens is 397 g/mol. The van der Waals surface area contributed by atoms with E-state index in [9.17, 15) is 22.8 Å². The molecule has 0 atom stereocenters. The molecule has 3 aromatic rings. The lowest BCUT2D eigenvalue weighted by Crippen LogP contribution is -2.32. The molecule has 3 rings (SSSR count). The smallest absolute Gasteiger partial charge is 0.338 e. The van der Waals surface area contributed by atoms with Crippen LogP contribution in [0.25, 0.3) is 11.3 Å². The minimum Gasteiger partial charge on any atom is -0.338 e. The third-order valence-corrected chi connectivity index (χ3v) is 4.25. The molecule has 2 amide bonds. The van der Waals surface area contributed by atoms with E-state index in [2.05, 4.69) is 15.7 Å². The Morgan fingerprint density at radius 3 is 2.40 bits per heavy atom. The molecule has 6 nitrogen and oxygen atoms in total. The lowest BCUT2D eigenvalue weighted by Gasteiger charge is -2.14. The number of aromatic nitrogens is 2. The maximum atomic E-state index is 13.0. The van der Waals surface area contributed by atoms with E-state index >= 15 is 0 Å². The molecule has 30 heavy (non-hydrogen) atoms. The van der Waals surface area contributed by atoms with Gasteiger partial charge in [-0.05, 0) is 24.6 Å². The number of nitrogens with zero attached hydrogens (tertiary/aromatic N) is 2. The van der Waals surface area contributed by atoms with E-state index < -0.39 is 17.8 Å². The number of halogens is 3. The number of hydrogen-bond acceptors (Lipinski definition) is 3. The Morgan fingerprint density at radius 2 is 1.67 bits per heavy atom. The number of anilines is 1. The van der Waals surface area contributed by atoms with Crippen molar-refractivity contribution < 1.29 is 18.0 Å². The molecule has 0 fully saturated rings. The largest absolute Gasteiger partial charge is 0.418 e. The third kappa shape index (κ3) is 5.47. The summed E-state index contributed by atoms with van der Waals surface area (Å²) < 4.78 is 40.2. The van der Waals surface area contributed by atoms with Crippen LogP contribution in [0, 0.1) is 0 Å². The van der Waals surface area contributed by atoms with Crippen molar-refractivity contribution in [2.24, 2.45) is 0 Å². The quantitative estimate of drug-likeness (QED) is 0.593. The summed E-state index contributed by atoms with van der Waals surface area (Å²) in [6.45, 7) is 0.405. The Kier molecular flexibility index (Phi) is 6.51. The van der Waals surface area contributed by atoms with Crippen LogP contribution in [0.2, 0.25) is 0 Å². The van der Waals surface area contributed by atoms with Gasteiger partial charge in [0.2, 0.25) is 0 Å². The maximum absolute atomic E-state index is 13.0. The van der Waals surface area contributed by atoms with Crippen molar-refractivity contribution in [3.05, 3.63) is 82.6 Å². The standard InChI is InChI=1S/C21H19F3N4O2/c22-21(23,24)16-9-4-5-10-18(16)26-20(30)25-13-6-14-28-19(29)12-11-17(27-28)15-7-2-1-3-8-15/h1-5,7-12H,6,13-14H2,(H2,25,26,30). The van der Waals surface area contributed by atoms with Crippen molar-refractivity contribution in [3.63, 3.8) is 0 Å². The second kappa shape index (κ2) is 9.25. The van der Waals surface area contributed by atoms with Gasteiger partial charge in [0.25, 0.3) is 5.56 Å². The predicted octanol–water partition coefficient (Wildman–Crippen LogP) is 4.14. The van der Waals surface area contributed by atoms with Crippen molar-refractivity contribution in [2.45, 2.75) is 19.1 Å². The van der Waals surface area contributed by atoms with E-state index in [0.717, 1.165) is 11.6 Å². The van der Waals surface area contributed by atoms with E-state index in [1.54, 1.807) is 6.07 Å². The van der Waals surface area contributed by atoms with Gasteiger partial charge in [0.15, 0.2) is 0 Å². The first-order valence-electron chi connectivity index (χ1n) is 9.19. The molecule has 0 aliphatic heterocycles. The molecular formula is C21H19F3N4O2. The predicted molar refractivity (Wildman–Crippen MR) is 107 cm³/mol. The van der Waals surface area contributed by atoms with Crippen LogP contribution in [0.3, 0.4) is 0 Å². The van der Waals surface area contributed by atoms with Crippen LogP contribution in [-0.4, -0.2) is 22.4 Å². The van der Waals surface area contributed by atoms with Crippen molar-refractivity contribution in [1.82, 2.24) is 15.1 Å². The molecule has 9 heteroatoms. The highest BCUT2D eigenvalue weighted by Crippen LogP contribution is 2.34. The Bertz CT molecular complexity index is 1070. The topological polar surface area (TPSA) is 76.0 Å². The van der Waals surface area contributed by atoms with Crippen molar-refractivity contribution in [3.8, 4) is 11.3 Å². The van der Waals surface area contributed by atoms with Gasteiger partial charge in [-0.3, -0.25) is 4.79 Å². The zero-order valence-electron chi connectivity index (χ0n) is 15.8. The van der Waals surface area contributed by atoms with Gasteiger partial charge >= 0.3 is 12.2 Å². The maximum Gasteiger partial charge on any atom is 0.418 e. The Balaban J connectivity index is 1.55. The van der Waals surface area contributed by atoms with E-state index in [0.29, 0.717) is 12.1 Å². The number of benzene rings is 2. The summed E-state index contributed by atoms with van der Waals surface area (Å²) in [7, 11) is 0. The number of urea groups is 1. The number of amides is 2. The Morgan fingerprint density at radius 1 is 0.967 bits per heavy atom. The number of hydrogen-bond donors (Lipinski definition) is 2. The fraction of sp³-hybridized carbons (Fsp3) is 0.190. The van der Waals surface area contributed by atoms with Gasteiger partial charge in [0.05, 0.1) is 16.9 Å². The summed E-state index contributed by atoms with van der Waals surface area (Å²) in [4.78, 5) is 23.9. The zero-order valence-corrected chi connectivity index (χ0v) is 15.8. The minimum absolute atomic E-state index is 0.156. The number of nitrogens with one attached hydrogen (secondary N) is 2. The van der Waals surface area contributed by atoms with Gasteiger partial charge in [-0.25, -0.2) is 9.48 Å². The number of para-hydroxylation sites is 1. The molecule has 2 N–H and O–H groups in total. The summed E-state index contributed by atoms with van der Waals surface area (Å²) in [5, 5.41) is 9.01. The third-order valence-electron chi connectivity index (χ3n) is 4.25. The fourth-order valence-electron chi connectivity index (χ4n) is 2.81. The zero-order chi connectivity index (χ0) is 21.6. The van der Waals surface area contributed by atoms with Crippen LogP contribution in [0.15, 0.2) is 71.5 Å². The summed E-state index contributed by atoms with van der Waals surface area (Å²) in [5.74, 6) is 0. The summed E-state index contributed by atoms with van der Waals surface area (Å²) >= 11 is 0. The number of carbonyl (C=O) groups is 1. The Labute approximate surface area is 170 Å². The van der Waals surface area contributed by atoms with Crippen molar-refractivity contribution in [1.29, 1.82) is 0 Å². The molecule has 0 saturated carbocycles. The molecule has 0 aliphatic rings. The molecule has 156 valence electrons. The second-order valence-corrected chi connectivity index (χ2v) is 6.42. The minimum atomic E-state index is -4.57. The van der Waals surface area contributed by atoms with Crippen LogP contribution >= 0.6 is 0 Å². The molecule has 1 aromatic heterocycles. The molecule has 0 unspecified atom stereocenters. The second-order valence-electron chi connectivity index (χ2n) is 6.42. The SMILES string of the molecule is O=C(NCCCn1nc(-c2ccccc2)ccc1=O)Nc1ccccc1C(F)(F)F. The normalized spacial score (nSPS) is 11.2. The molecule has 1 heterocycles. The highest BCUT2D eigenvalue weighted by molar-refractivity contribution is 5.90. The van der Waals surface area contributed by atoms with E-state index in [1.165, 1.54) is 28.9 Å². The monoisotopic (exact) mass is 416 g/mol. The van der Waals surface area contributed by atoms with Crippen LogP contribution in [-0.2, 0) is 12.7 Å². The van der Waals surface area contributed by atoms with Gasteiger partial charge in [-0.15, -0.1) is 0 Å². The molecule has 0 bridgehead atoms. The van der Waals surface area contributed by atoms with Crippen LogP contribution in [0.5, 0.6) is 0 Å². The fourth-order valence-corrected chi connectivity index (χ4v) is 2.81. The van der Waals surface area contributed by atoms with E-state index in [-0.39, 0.29) is 24.3 Å². The van der Waals surface area contributed by atoms with Crippen molar-refractivity contribution >= 4 is 11.7 Å². The summed E-state index contributed by atoms with van der Waals surface area (Å²) in [6, 6.07) is 16.4. The van der Waals surface area contributed by atoms with E-state index in [4.69, 9.17) is 0 Å². The molecule has 0 radical (unpaired) electrons. The lowest BCUT2D eigenvalue weighted by molar-refractivity contribution is -0.136. The van der Waals surface area contributed by atoms with Crippen LogP contribution in [0.1, 0.15) is 12.0 Å². The number of carbonyl (C=O) groups excluding carboxylic acids is 1. The van der Waals surface area contributed by atoms with Crippen LogP contribution < -0.4 is 16.2 Å².